The van der Waals surface area contributed by atoms with E-state index in [0.717, 1.165) is 0 Å². The van der Waals surface area contributed by atoms with Crippen LogP contribution >= 0.6 is 0 Å². The molecule has 3 N–H and O–H groups in total. The number of nitrogens with two attached hydrogens (primary N) is 1. The summed E-state index contributed by atoms with van der Waals surface area (Å²) in [5, 5.41) is 0. The Hall–Kier alpha value is -2.41. The Kier molecular flexibility index (Phi) is 5.01. The summed E-state index contributed by atoms with van der Waals surface area (Å²) in [4.78, 5) is 34.2. The monoisotopic (exact) mass is 266 g/mol. The molecule has 1 rings (SSSR count). The van der Waals surface area contributed by atoms with Gasteiger partial charge in [0.1, 0.15) is 5.75 Å². The van der Waals surface area contributed by atoms with Gasteiger partial charge in [0.05, 0.1) is 12.2 Å². The Balaban J connectivity index is 3.01. The van der Waals surface area contributed by atoms with Crippen LogP contribution < -0.4 is 16.0 Å². The van der Waals surface area contributed by atoms with Gasteiger partial charge in [0.25, 0.3) is 5.91 Å². The molecule has 0 aliphatic heterocycles. The van der Waals surface area contributed by atoms with Gasteiger partial charge < -0.3 is 9.47 Å². The summed E-state index contributed by atoms with van der Waals surface area (Å²) in [5.41, 5.74) is 2.58. The lowest BCUT2D eigenvalue weighted by Crippen LogP contribution is -2.32. The molecule has 0 spiro atoms. The molecular weight excluding hydrogens is 252 g/mol. The summed E-state index contributed by atoms with van der Waals surface area (Å²) in [5.74, 6) is 2.06. The van der Waals surface area contributed by atoms with Crippen LogP contribution in [0, 0.1) is 6.92 Å². The van der Waals surface area contributed by atoms with Crippen molar-refractivity contribution in [1.29, 1.82) is 0 Å². The highest BCUT2D eigenvalue weighted by atomic mass is 16.6. The molecule has 0 saturated carbocycles. The third kappa shape index (κ3) is 3.52. The highest BCUT2D eigenvalue weighted by Crippen LogP contribution is 2.22. The fraction of sp³-hybridized carbons (Fsp3) is 0.250. The fourth-order valence-corrected chi connectivity index (χ4v) is 1.42. The first kappa shape index (κ1) is 14.7. The smallest absolute Gasteiger partial charge is 0.422 e. The summed E-state index contributed by atoms with van der Waals surface area (Å²) in [6, 6.07) is 4.61. The van der Waals surface area contributed by atoms with E-state index in [0.29, 0.717) is 5.56 Å². The number of nitrogen functional groups attached to an aromatic ring is 1. The van der Waals surface area contributed by atoms with Crippen LogP contribution in [0.25, 0.3) is 0 Å². The number of carbonyl (C=O) groups is 3. The van der Waals surface area contributed by atoms with Crippen molar-refractivity contribution in [3.8, 4) is 5.75 Å². The average Bonchev–Trinajstić information content (AvgIpc) is 2.38. The predicted molar refractivity (Wildman–Crippen MR) is 65.1 cm³/mol. The maximum absolute atomic E-state index is 11.6. The lowest BCUT2D eigenvalue weighted by Gasteiger charge is -2.10. The quantitative estimate of drug-likeness (QED) is 0.200. The van der Waals surface area contributed by atoms with Crippen LogP contribution in [-0.2, 0) is 14.3 Å². The second-order valence-corrected chi connectivity index (χ2v) is 3.53. The standard InChI is InChI=1S/C12H14N2O5/c1-3-18-11(16)12(17)19-8-6-4-5-7(2)9(8)10(15)14-13/h4-6H,3,13H2,1-2H3,(H,14,15). The maximum atomic E-state index is 11.6. The Bertz CT molecular complexity index is 513. The highest BCUT2D eigenvalue weighted by molar-refractivity contribution is 6.30. The Morgan fingerprint density at radius 1 is 1.26 bits per heavy atom. The van der Waals surface area contributed by atoms with Gasteiger partial charge >= 0.3 is 11.9 Å². The van der Waals surface area contributed by atoms with Gasteiger partial charge in [-0.1, -0.05) is 12.1 Å². The van der Waals surface area contributed by atoms with Gasteiger partial charge in [-0.15, -0.1) is 0 Å². The van der Waals surface area contributed by atoms with Crippen LogP contribution in [0.1, 0.15) is 22.8 Å². The van der Waals surface area contributed by atoms with Gasteiger partial charge in [0, 0.05) is 0 Å². The van der Waals surface area contributed by atoms with E-state index in [1.807, 2.05) is 5.43 Å². The SMILES string of the molecule is CCOC(=O)C(=O)Oc1cccc(C)c1C(=O)NN. The Labute approximate surface area is 109 Å². The molecule has 7 nitrogen and oxygen atoms in total. The number of rotatable bonds is 3. The molecule has 0 unspecified atom stereocenters. The van der Waals surface area contributed by atoms with Crippen molar-refractivity contribution in [2.45, 2.75) is 13.8 Å². The predicted octanol–water partition coefficient (Wildman–Crippen LogP) is 0.0670. The van der Waals surface area contributed by atoms with E-state index in [-0.39, 0.29) is 17.9 Å². The largest absolute Gasteiger partial charge is 0.458 e. The van der Waals surface area contributed by atoms with Crippen LogP contribution in [0.15, 0.2) is 18.2 Å². The van der Waals surface area contributed by atoms with Crippen molar-refractivity contribution in [3.63, 3.8) is 0 Å². The molecule has 0 saturated heterocycles. The summed E-state index contributed by atoms with van der Waals surface area (Å²) < 4.78 is 9.33. The zero-order valence-corrected chi connectivity index (χ0v) is 10.6. The van der Waals surface area contributed by atoms with Crippen molar-refractivity contribution >= 4 is 17.8 Å². The first-order chi connectivity index (χ1) is 9.01. The zero-order chi connectivity index (χ0) is 14.4. The number of hydrogen-bond acceptors (Lipinski definition) is 6. The minimum atomic E-state index is -1.20. The number of amides is 1. The van der Waals surface area contributed by atoms with E-state index in [4.69, 9.17) is 10.6 Å². The third-order valence-electron chi connectivity index (χ3n) is 2.24. The van der Waals surface area contributed by atoms with Gasteiger partial charge in [0.15, 0.2) is 0 Å². The molecule has 0 aliphatic rings. The van der Waals surface area contributed by atoms with Gasteiger partial charge in [-0.3, -0.25) is 10.2 Å². The van der Waals surface area contributed by atoms with Crippen molar-refractivity contribution in [1.82, 2.24) is 5.43 Å². The minimum absolute atomic E-state index is 0.0535. The van der Waals surface area contributed by atoms with Crippen molar-refractivity contribution in [2.24, 2.45) is 5.84 Å². The fourth-order valence-electron chi connectivity index (χ4n) is 1.42. The molecule has 0 atom stereocenters. The Morgan fingerprint density at radius 3 is 2.53 bits per heavy atom. The van der Waals surface area contributed by atoms with Crippen molar-refractivity contribution in [3.05, 3.63) is 29.3 Å². The molecule has 102 valence electrons. The molecule has 0 aliphatic carbocycles. The molecule has 0 heterocycles. The Morgan fingerprint density at radius 2 is 1.95 bits per heavy atom. The van der Waals surface area contributed by atoms with Gasteiger partial charge in [0.2, 0.25) is 0 Å². The molecule has 19 heavy (non-hydrogen) atoms. The molecule has 0 fully saturated rings. The molecular formula is C12H14N2O5. The molecule has 0 radical (unpaired) electrons. The van der Waals surface area contributed by atoms with Crippen LogP contribution in [0.2, 0.25) is 0 Å². The summed E-state index contributed by atoms with van der Waals surface area (Å²) in [6.07, 6.45) is 0. The first-order valence-electron chi connectivity index (χ1n) is 5.50. The number of nitrogens with one attached hydrogen (secondary N) is 1. The second-order valence-electron chi connectivity index (χ2n) is 3.53. The van der Waals surface area contributed by atoms with Crippen molar-refractivity contribution < 1.29 is 23.9 Å². The van der Waals surface area contributed by atoms with E-state index >= 15 is 0 Å². The highest BCUT2D eigenvalue weighted by Gasteiger charge is 2.22. The van der Waals surface area contributed by atoms with Gasteiger partial charge in [-0.2, -0.15) is 0 Å². The van der Waals surface area contributed by atoms with Crippen LogP contribution in [0.4, 0.5) is 0 Å². The topological polar surface area (TPSA) is 108 Å². The number of aryl methyl sites for hydroxylation is 1. The second kappa shape index (κ2) is 6.50. The summed E-state index contributed by atoms with van der Waals surface area (Å²) in [7, 11) is 0. The van der Waals surface area contributed by atoms with E-state index < -0.39 is 17.8 Å². The number of carbonyl (C=O) groups excluding carboxylic acids is 3. The lowest BCUT2D eigenvalue weighted by atomic mass is 10.1. The molecule has 1 amide bonds. The number of ether oxygens (including phenoxy) is 2. The normalized spacial score (nSPS) is 9.63. The van der Waals surface area contributed by atoms with Gasteiger partial charge in [-0.05, 0) is 25.5 Å². The van der Waals surface area contributed by atoms with E-state index in [1.54, 1.807) is 26.0 Å². The van der Waals surface area contributed by atoms with Crippen LogP contribution in [0.3, 0.4) is 0 Å². The number of hydrogen-bond donors (Lipinski definition) is 2. The lowest BCUT2D eigenvalue weighted by molar-refractivity contribution is -0.161. The molecule has 0 aromatic heterocycles. The van der Waals surface area contributed by atoms with Crippen molar-refractivity contribution in [2.75, 3.05) is 6.61 Å². The number of esters is 2. The average molecular weight is 266 g/mol. The number of benzene rings is 1. The van der Waals surface area contributed by atoms with Gasteiger partial charge in [-0.25, -0.2) is 15.4 Å². The molecule has 0 bridgehead atoms. The van der Waals surface area contributed by atoms with Crippen LogP contribution in [0.5, 0.6) is 5.75 Å². The molecule has 7 heteroatoms. The summed E-state index contributed by atoms with van der Waals surface area (Å²) in [6.45, 7) is 3.26. The molecule has 1 aromatic rings. The molecule has 1 aromatic carbocycles. The first-order valence-corrected chi connectivity index (χ1v) is 5.50. The summed E-state index contributed by atoms with van der Waals surface area (Å²) >= 11 is 0. The maximum Gasteiger partial charge on any atom is 0.422 e. The zero-order valence-electron chi connectivity index (χ0n) is 10.6. The van der Waals surface area contributed by atoms with E-state index in [9.17, 15) is 14.4 Å². The van der Waals surface area contributed by atoms with E-state index in [2.05, 4.69) is 4.74 Å². The van der Waals surface area contributed by atoms with E-state index in [1.165, 1.54) is 6.07 Å². The van der Waals surface area contributed by atoms with Crippen LogP contribution in [-0.4, -0.2) is 24.5 Å². The number of hydrazine groups is 1. The third-order valence-corrected chi connectivity index (χ3v) is 2.24. The minimum Gasteiger partial charge on any atom is -0.458 e.